The molecule has 13 nitrogen and oxygen atoms in total. The molecule has 0 aliphatic carbocycles. The average Bonchev–Trinajstić information content (AvgIpc) is 3.18. The Morgan fingerprint density at radius 3 is 2.32 bits per heavy atom. The number of hydrogen-bond donors (Lipinski definition) is 5. The first-order valence-corrected chi connectivity index (χ1v) is 13.4. The number of fused-ring (bicyclic) bond motifs is 1. The molecule has 2 aromatic carbocycles. The van der Waals surface area contributed by atoms with Crippen LogP contribution >= 0.6 is 11.8 Å². The van der Waals surface area contributed by atoms with Crippen molar-refractivity contribution in [2.45, 2.75) is 49.0 Å². The standard InChI is InChI=1S/C27H28N6O7S/c1-14(34)29-17-11-9-16(10-12-17)22(36)32-28-13-18(35)30-19(15-7-5-4-6-8-15)23(37)31-20-24(38)33-21(26(39)40)27(2,3)41-25(20)33/h4-13,19-21,25H,1-3H3,(H,29,34)(H,30,35)(H,31,37)(H,32,36)(H,39,40)/b28-13+/t19?,20?,21-,25+/m0/s1. The van der Waals surface area contributed by atoms with Crippen LogP contribution in [0.4, 0.5) is 5.69 Å². The molecule has 5 N–H and O–H groups in total. The third-order valence-corrected chi connectivity index (χ3v) is 8.04. The van der Waals surface area contributed by atoms with E-state index in [4.69, 9.17) is 0 Å². The molecule has 0 spiro atoms. The molecular weight excluding hydrogens is 552 g/mol. The Labute approximate surface area is 239 Å². The molecule has 5 amide bonds. The van der Waals surface area contributed by atoms with Crippen LogP contribution in [-0.4, -0.2) is 73.9 Å². The summed E-state index contributed by atoms with van der Waals surface area (Å²) in [4.78, 5) is 75.2. The molecule has 2 aromatic rings. The summed E-state index contributed by atoms with van der Waals surface area (Å²) in [6, 6.07) is 11.2. The molecule has 2 fully saturated rings. The summed E-state index contributed by atoms with van der Waals surface area (Å²) in [5.74, 6) is -3.96. The van der Waals surface area contributed by atoms with Crippen molar-refractivity contribution in [2.75, 3.05) is 5.32 Å². The van der Waals surface area contributed by atoms with Crippen LogP contribution < -0.4 is 21.4 Å². The smallest absolute Gasteiger partial charge is 0.327 e. The minimum Gasteiger partial charge on any atom is -0.480 e. The van der Waals surface area contributed by atoms with E-state index in [0.29, 0.717) is 11.3 Å². The van der Waals surface area contributed by atoms with Crippen molar-refractivity contribution < 1.29 is 33.9 Å². The molecule has 2 aliphatic heterocycles. The zero-order valence-electron chi connectivity index (χ0n) is 22.3. The number of hydrazone groups is 1. The first-order chi connectivity index (χ1) is 19.4. The van der Waals surface area contributed by atoms with E-state index in [1.807, 2.05) is 0 Å². The van der Waals surface area contributed by atoms with Crippen molar-refractivity contribution in [2.24, 2.45) is 5.10 Å². The molecular formula is C27H28N6O7S. The van der Waals surface area contributed by atoms with Crippen LogP contribution in [-0.2, 0) is 24.0 Å². The highest BCUT2D eigenvalue weighted by atomic mass is 32.2. The van der Waals surface area contributed by atoms with Gasteiger partial charge in [-0.15, -0.1) is 11.8 Å². The van der Waals surface area contributed by atoms with E-state index in [1.54, 1.807) is 44.2 Å². The molecule has 0 bridgehead atoms. The van der Waals surface area contributed by atoms with E-state index >= 15 is 0 Å². The summed E-state index contributed by atoms with van der Waals surface area (Å²) >= 11 is 1.29. The molecule has 2 aliphatic rings. The van der Waals surface area contributed by atoms with E-state index < -0.39 is 57.8 Å². The summed E-state index contributed by atoms with van der Waals surface area (Å²) < 4.78 is -0.757. The van der Waals surface area contributed by atoms with Crippen LogP contribution in [0, 0.1) is 0 Å². The Bertz CT molecular complexity index is 1410. The van der Waals surface area contributed by atoms with Crippen LogP contribution in [0.25, 0.3) is 0 Å². The lowest BCUT2D eigenvalue weighted by molar-refractivity contribution is -0.161. The number of hydrogen-bond acceptors (Lipinski definition) is 8. The van der Waals surface area contributed by atoms with Crippen LogP contribution in [0.1, 0.15) is 42.7 Å². The monoisotopic (exact) mass is 580 g/mol. The van der Waals surface area contributed by atoms with E-state index in [-0.39, 0.29) is 11.5 Å². The fourth-order valence-electron chi connectivity index (χ4n) is 4.63. The highest BCUT2D eigenvalue weighted by molar-refractivity contribution is 8.01. The van der Waals surface area contributed by atoms with Crippen molar-refractivity contribution in [3.05, 3.63) is 65.7 Å². The molecule has 4 atom stereocenters. The van der Waals surface area contributed by atoms with E-state index in [1.165, 1.54) is 47.9 Å². The molecule has 14 heteroatoms. The van der Waals surface area contributed by atoms with Crippen LogP contribution in [0.3, 0.4) is 0 Å². The highest BCUT2D eigenvalue weighted by Gasteiger charge is 2.64. The van der Waals surface area contributed by atoms with Gasteiger partial charge in [-0.25, -0.2) is 10.2 Å². The molecule has 2 unspecified atom stereocenters. The molecule has 0 saturated carbocycles. The van der Waals surface area contributed by atoms with Crippen molar-refractivity contribution in [3.8, 4) is 0 Å². The molecule has 2 saturated heterocycles. The van der Waals surface area contributed by atoms with Gasteiger partial charge in [0, 0.05) is 22.9 Å². The van der Waals surface area contributed by atoms with Gasteiger partial charge in [-0.3, -0.25) is 24.0 Å². The number of benzene rings is 2. The van der Waals surface area contributed by atoms with Gasteiger partial charge in [0.1, 0.15) is 29.7 Å². The van der Waals surface area contributed by atoms with Crippen LogP contribution in [0.5, 0.6) is 0 Å². The third-order valence-electron chi connectivity index (χ3n) is 6.47. The zero-order chi connectivity index (χ0) is 29.9. The summed E-state index contributed by atoms with van der Waals surface area (Å²) in [5, 5.41) is 20.5. The van der Waals surface area contributed by atoms with E-state index in [2.05, 4.69) is 26.5 Å². The molecule has 214 valence electrons. The summed E-state index contributed by atoms with van der Waals surface area (Å²) in [6.07, 6.45) is 0.801. The second kappa shape index (κ2) is 11.8. The molecule has 4 rings (SSSR count). The first kappa shape index (κ1) is 29.3. The molecule has 2 heterocycles. The minimum absolute atomic E-state index is 0.232. The van der Waals surface area contributed by atoms with E-state index in [0.717, 1.165) is 6.21 Å². The lowest BCUT2D eigenvalue weighted by atomic mass is 9.95. The predicted octanol–water partition coefficient (Wildman–Crippen LogP) is 0.850. The Morgan fingerprint density at radius 2 is 1.71 bits per heavy atom. The predicted molar refractivity (Wildman–Crippen MR) is 150 cm³/mol. The van der Waals surface area contributed by atoms with Gasteiger partial charge in [0.05, 0.1) is 0 Å². The van der Waals surface area contributed by atoms with Crippen LogP contribution in [0.2, 0.25) is 0 Å². The Hall–Kier alpha value is -4.72. The SMILES string of the molecule is CC(=O)Nc1ccc(C(=O)N/N=C/C(=O)NC(C(=O)NC2C(=O)N3[C@@H]2SC(C)(C)[C@@H]3C(=O)O)c2ccccc2)cc1. The average molecular weight is 581 g/mol. The van der Waals surface area contributed by atoms with Gasteiger partial charge in [0.15, 0.2) is 0 Å². The van der Waals surface area contributed by atoms with Crippen LogP contribution in [0.15, 0.2) is 59.7 Å². The molecule has 0 aromatic heterocycles. The summed E-state index contributed by atoms with van der Waals surface area (Å²) in [7, 11) is 0. The second-order valence-corrected chi connectivity index (χ2v) is 11.7. The van der Waals surface area contributed by atoms with Gasteiger partial charge in [0.25, 0.3) is 11.8 Å². The number of amides is 5. The maximum absolute atomic E-state index is 13.3. The number of rotatable bonds is 9. The number of thioether (sulfide) groups is 1. The number of nitrogens with one attached hydrogen (secondary N) is 4. The van der Waals surface area contributed by atoms with Gasteiger partial charge in [0.2, 0.25) is 17.7 Å². The largest absolute Gasteiger partial charge is 0.480 e. The third kappa shape index (κ3) is 6.38. The minimum atomic E-state index is -1.20. The quantitative estimate of drug-likeness (QED) is 0.164. The van der Waals surface area contributed by atoms with Crippen molar-refractivity contribution in [3.63, 3.8) is 0 Å². The summed E-state index contributed by atoms with van der Waals surface area (Å²) in [6.45, 7) is 4.82. The topological polar surface area (TPSA) is 186 Å². The Balaban J connectivity index is 1.39. The molecule has 41 heavy (non-hydrogen) atoms. The maximum Gasteiger partial charge on any atom is 0.327 e. The van der Waals surface area contributed by atoms with Gasteiger partial charge in [-0.05, 0) is 43.7 Å². The van der Waals surface area contributed by atoms with E-state index in [9.17, 15) is 33.9 Å². The van der Waals surface area contributed by atoms with Gasteiger partial charge < -0.3 is 26.0 Å². The number of anilines is 1. The van der Waals surface area contributed by atoms with Gasteiger partial charge in [-0.2, -0.15) is 5.10 Å². The Morgan fingerprint density at radius 1 is 1.05 bits per heavy atom. The number of carboxylic acid groups (broad SMARTS) is 1. The normalized spacial score (nSPS) is 21.3. The van der Waals surface area contributed by atoms with Crippen molar-refractivity contribution in [1.29, 1.82) is 0 Å². The number of carbonyl (C=O) groups is 6. The van der Waals surface area contributed by atoms with Gasteiger partial charge in [-0.1, -0.05) is 30.3 Å². The highest BCUT2D eigenvalue weighted by Crippen LogP contribution is 2.50. The number of carbonyl (C=O) groups excluding carboxylic acids is 5. The lowest BCUT2D eigenvalue weighted by Crippen LogP contribution is -2.71. The van der Waals surface area contributed by atoms with Crippen molar-refractivity contribution in [1.82, 2.24) is 21.0 Å². The fourth-order valence-corrected chi connectivity index (χ4v) is 6.25. The lowest BCUT2D eigenvalue weighted by Gasteiger charge is -2.44. The number of nitrogens with zero attached hydrogens (tertiary/aromatic N) is 2. The summed E-state index contributed by atoms with van der Waals surface area (Å²) in [5.41, 5.74) is 3.39. The van der Waals surface area contributed by atoms with Gasteiger partial charge >= 0.3 is 5.97 Å². The second-order valence-electron chi connectivity index (χ2n) is 9.89. The Kier molecular flexibility index (Phi) is 8.42. The zero-order valence-corrected chi connectivity index (χ0v) is 23.1. The maximum atomic E-state index is 13.3. The number of carboxylic acids is 1. The first-order valence-electron chi connectivity index (χ1n) is 12.5. The number of aliphatic carboxylic acids is 1. The van der Waals surface area contributed by atoms with Crippen molar-refractivity contribution >= 4 is 59.2 Å². The molecule has 0 radical (unpaired) electrons. The number of β-lactam (4-membered cyclic amide) rings is 1. The fraction of sp³-hybridized carbons (Fsp3) is 0.296.